The minimum atomic E-state index is -4.80. The molecule has 6 nitrogen and oxygen atoms in total. The molecule has 176 valence electrons. The summed E-state index contributed by atoms with van der Waals surface area (Å²) in [6.45, 7) is 3.90. The molecule has 3 rings (SSSR count). The Morgan fingerprint density at radius 2 is 2.03 bits per heavy atom. The lowest BCUT2D eigenvalue weighted by Gasteiger charge is -2.35. The standard InChI is InChI=1S/C22H27ClF3N3O3/c1-13-6-8-15(18(11-13)32-22(24,25)26)16-9-7-14(12-21(16,2)23)28-19(30)17-5-3-4-10-29(17)20(27)31/h6-9,13,17H,3-5,10-12H2,1-2H3,(H2,27,31)(H,28,30). The van der Waals surface area contributed by atoms with E-state index in [0.717, 1.165) is 12.8 Å². The normalized spacial score (nSPS) is 28.8. The van der Waals surface area contributed by atoms with Gasteiger partial charge in [-0.3, -0.25) is 4.79 Å². The van der Waals surface area contributed by atoms with Crippen molar-refractivity contribution in [3.63, 3.8) is 0 Å². The predicted molar refractivity (Wildman–Crippen MR) is 114 cm³/mol. The van der Waals surface area contributed by atoms with Crippen molar-refractivity contribution in [3.8, 4) is 0 Å². The quantitative estimate of drug-likeness (QED) is 0.584. The number of alkyl halides is 4. The molecule has 1 heterocycles. The molecule has 32 heavy (non-hydrogen) atoms. The van der Waals surface area contributed by atoms with Crippen LogP contribution in [0.1, 0.15) is 46.0 Å². The summed E-state index contributed by atoms with van der Waals surface area (Å²) >= 11 is 6.74. The van der Waals surface area contributed by atoms with Gasteiger partial charge in [-0.05, 0) is 43.8 Å². The number of piperidine rings is 1. The smallest absolute Gasteiger partial charge is 0.410 e. The number of hydrogen-bond donors (Lipinski definition) is 2. The van der Waals surface area contributed by atoms with Crippen molar-refractivity contribution in [2.45, 2.75) is 63.2 Å². The highest BCUT2D eigenvalue weighted by Gasteiger charge is 2.39. The van der Waals surface area contributed by atoms with Crippen LogP contribution in [0.2, 0.25) is 0 Å². The van der Waals surface area contributed by atoms with Gasteiger partial charge in [0, 0.05) is 30.7 Å². The number of carbonyl (C=O) groups excluding carboxylic acids is 2. The highest BCUT2D eigenvalue weighted by Crippen LogP contribution is 2.43. The van der Waals surface area contributed by atoms with Gasteiger partial charge in [-0.2, -0.15) is 0 Å². The van der Waals surface area contributed by atoms with Gasteiger partial charge in [0.2, 0.25) is 5.91 Å². The van der Waals surface area contributed by atoms with Crippen molar-refractivity contribution >= 4 is 23.5 Å². The number of likely N-dealkylation sites (tertiary alicyclic amines) is 1. The van der Waals surface area contributed by atoms with E-state index in [2.05, 4.69) is 10.1 Å². The molecule has 10 heteroatoms. The second-order valence-corrected chi connectivity index (χ2v) is 9.44. The SMILES string of the molecule is CC1C=CC(C2=CC=C(NC(=O)C3CCCCN3C(N)=O)CC2(C)Cl)=C(OC(F)(F)F)C1. The summed E-state index contributed by atoms with van der Waals surface area (Å²) in [4.78, 5) is 24.7. The predicted octanol–water partition coefficient (Wildman–Crippen LogP) is 4.63. The molecule has 3 aliphatic rings. The molecule has 3 N–H and O–H groups in total. The van der Waals surface area contributed by atoms with Gasteiger partial charge in [0.25, 0.3) is 0 Å². The number of urea groups is 1. The van der Waals surface area contributed by atoms with Crippen LogP contribution < -0.4 is 11.1 Å². The Balaban J connectivity index is 1.84. The monoisotopic (exact) mass is 473 g/mol. The Kier molecular flexibility index (Phi) is 6.97. The molecule has 1 fully saturated rings. The van der Waals surface area contributed by atoms with Crippen molar-refractivity contribution in [2.24, 2.45) is 11.7 Å². The fraction of sp³-hybridized carbons (Fsp3) is 0.545. The Bertz CT molecular complexity index is 906. The lowest BCUT2D eigenvalue weighted by Crippen LogP contribution is -2.53. The molecule has 0 radical (unpaired) electrons. The number of carbonyl (C=O) groups is 2. The molecular formula is C22H27ClF3N3O3. The van der Waals surface area contributed by atoms with Crippen molar-refractivity contribution in [1.29, 1.82) is 0 Å². The molecule has 0 aromatic rings. The summed E-state index contributed by atoms with van der Waals surface area (Å²) < 4.78 is 43.1. The topological polar surface area (TPSA) is 84.7 Å². The number of amides is 3. The van der Waals surface area contributed by atoms with Gasteiger partial charge in [-0.15, -0.1) is 24.8 Å². The third-order valence-corrected chi connectivity index (χ3v) is 6.17. The van der Waals surface area contributed by atoms with E-state index >= 15 is 0 Å². The number of halogens is 4. The molecule has 3 unspecified atom stereocenters. The number of allylic oxidation sites excluding steroid dienone is 8. The van der Waals surface area contributed by atoms with Crippen LogP contribution in [0.3, 0.4) is 0 Å². The number of hydrogen-bond acceptors (Lipinski definition) is 3. The second-order valence-electron chi connectivity index (χ2n) is 8.60. The van der Waals surface area contributed by atoms with E-state index in [1.807, 2.05) is 6.08 Å². The van der Waals surface area contributed by atoms with Crippen LogP contribution in [0.15, 0.2) is 46.9 Å². The van der Waals surface area contributed by atoms with Gasteiger partial charge < -0.3 is 20.7 Å². The largest absolute Gasteiger partial charge is 0.572 e. The van der Waals surface area contributed by atoms with E-state index in [0.29, 0.717) is 29.8 Å². The Hall–Kier alpha value is -2.42. The molecule has 0 saturated carbocycles. The maximum absolute atomic E-state index is 12.9. The lowest BCUT2D eigenvalue weighted by molar-refractivity contribution is -0.307. The zero-order valence-corrected chi connectivity index (χ0v) is 18.7. The summed E-state index contributed by atoms with van der Waals surface area (Å²) in [7, 11) is 0. The van der Waals surface area contributed by atoms with Crippen LogP contribution in [0.4, 0.5) is 18.0 Å². The first-order valence-corrected chi connectivity index (χ1v) is 10.9. The second kappa shape index (κ2) is 9.21. The van der Waals surface area contributed by atoms with E-state index in [1.165, 1.54) is 4.90 Å². The van der Waals surface area contributed by atoms with Crippen LogP contribution in [-0.4, -0.2) is 40.7 Å². The molecule has 1 saturated heterocycles. The van der Waals surface area contributed by atoms with Gasteiger partial charge in [0.1, 0.15) is 11.8 Å². The molecule has 0 bridgehead atoms. The molecule has 1 aliphatic heterocycles. The van der Waals surface area contributed by atoms with Gasteiger partial charge in [0.15, 0.2) is 0 Å². The van der Waals surface area contributed by atoms with Crippen LogP contribution in [0.25, 0.3) is 0 Å². The van der Waals surface area contributed by atoms with Gasteiger partial charge >= 0.3 is 12.4 Å². The van der Waals surface area contributed by atoms with E-state index in [9.17, 15) is 22.8 Å². The highest BCUT2D eigenvalue weighted by molar-refractivity contribution is 6.26. The number of nitrogens with two attached hydrogens (primary N) is 1. The minimum absolute atomic E-state index is 0.101. The summed E-state index contributed by atoms with van der Waals surface area (Å²) in [5.41, 5.74) is 6.69. The Labute approximate surface area is 190 Å². The average molecular weight is 474 g/mol. The van der Waals surface area contributed by atoms with E-state index in [4.69, 9.17) is 17.3 Å². The first kappa shape index (κ1) is 24.2. The van der Waals surface area contributed by atoms with E-state index < -0.39 is 23.3 Å². The molecule has 0 aromatic heterocycles. The number of nitrogens with one attached hydrogen (secondary N) is 1. The average Bonchev–Trinajstić information content (AvgIpc) is 2.67. The third kappa shape index (κ3) is 5.68. The molecule has 0 aromatic carbocycles. The summed E-state index contributed by atoms with van der Waals surface area (Å²) in [6, 6.07) is -1.30. The Morgan fingerprint density at radius 1 is 1.31 bits per heavy atom. The molecule has 2 aliphatic carbocycles. The van der Waals surface area contributed by atoms with Gasteiger partial charge in [-0.1, -0.05) is 25.2 Å². The van der Waals surface area contributed by atoms with Crippen LogP contribution in [-0.2, 0) is 9.53 Å². The van der Waals surface area contributed by atoms with Crippen LogP contribution in [0.5, 0.6) is 0 Å². The zero-order chi connectivity index (χ0) is 23.7. The summed E-state index contributed by atoms with van der Waals surface area (Å²) in [6.07, 6.45) is 4.23. The van der Waals surface area contributed by atoms with Crippen molar-refractivity contribution in [3.05, 3.63) is 46.9 Å². The number of ether oxygens (including phenoxy) is 1. The fourth-order valence-corrected chi connectivity index (χ4v) is 4.64. The van der Waals surface area contributed by atoms with E-state index in [-0.39, 0.29) is 30.4 Å². The summed E-state index contributed by atoms with van der Waals surface area (Å²) in [5.74, 6) is -0.632. The first-order valence-electron chi connectivity index (χ1n) is 10.5. The van der Waals surface area contributed by atoms with Crippen molar-refractivity contribution in [2.75, 3.05) is 6.54 Å². The number of rotatable bonds is 4. The van der Waals surface area contributed by atoms with Crippen LogP contribution >= 0.6 is 11.6 Å². The fourth-order valence-electron chi connectivity index (χ4n) is 4.34. The van der Waals surface area contributed by atoms with Gasteiger partial charge in [-0.25, -0.2) is 4.79 Å². The maximum atomic E-state index is 12.9. The maximum Gasteiger partial charge on any atom is 0.572 e. The zero-order valence-electron chi connectivity index (χ0n) is 18.0. The lowest BCUT2D eigenvalue weighted by atomic mass is 9.82. The van der Waals surface area contributed by atoms with Crippen molar-refractivity contribution in [1.82, 2.24) is 10.2 Å². The third-order valence-electron chi connectivity index (χ3n) is 5.84. The highest BCUT2D eigenvalue weighted by atomic mass is 35.5. The van der Waals surface area contributed by atoms with Gasteiger partial charge in [0.05, 0.1) is 4.87 Å². The van der Waals surface area contributed by atoms with Crippen LogP contribution in [0, 0.1) is 5.92 Å². The first-order chi connectivity index (χ1) is 14.9. The number of nitrogens with zero attached hydrogens (tertiary/aromatic N) is 1. The molecule has 3 amide bonds. The molecule has 3 atom stereocenters. The van der Waals surface area contributed by atoms with Crippen molar-refractivity contribution < 1.29 is 27.5 Å². The number of primary amides is 1. The molecular weight excluding hydrogens is 447 g/mol. The molecule has 0 spiro atoms. The Morgan fingerprint density at radius 3 is 2.66 bits per heavy atom. The minimum Gasteiger partial charge on any atom is -0.410 e. The van der Waals surface area contributed by atoms with E-state index in [1.54, 1.807) is 32.1 Å². The summed E-state index contributed by atoms with van der Waals surface area (Å²) in [5, 5.41) is 2.81.